The fraction of sp³-hybridized carbons (Fsp3) is 0.231. The first-order valence-electron chi connectivity index (χ1n) is 6.03. The standard InChI is InChI=1S/C13H13F2N5/c1-13(8-4-7(16)2-3-9(8)14)6-20-11(12(17)19-13)10(15)5-18-20/h2-5H,6,16H2,1H3,(H2,17,19). The van der Waals surface area contributed by atoms with Crippen LogP contribution in [0.25, 0.3) is 0 Å². The molecule has 1 aliphatic rings. The number of amidine groups is 1. The van der Waals surface area contributed by atoms with E-state index in [1.54, 1.807) is 6.92 Å². The summed E-state index contributed by atoms with van der Waals surface area (Å²) in [6, 6.07) is 4.26. The molecular weight excluding hydrogens is 264 g/mol. The van der Waals surface area contributed by atoms with Crippen LogP contribution >= 0.6 is 0 Å². The normalized spacial score (nSPS) is 21.4. The number of benzene rings is 1. The molecule has 20 heavy (non-hydrogen) atoms. The second kappa shape index (κ2) is 4.03. The van der Waals surface area contributed by atoms with Gasteiger partial charge in [-0.25, -0.2) is 8.78 Å². The minimum absolute atomic E-state index is 0.00410. The van der Waals surface area contributed by atoms with E-state index in [0.717, 1.165) is 6.20 Å². The molecule has 0 spiro atoms. The maximum atomic E-state index is 14.0. The van der Waals surface area contributed by atoms with Crippen LogP contribution in [0.5, 0.6) is 0 Å². The minimum Gasteiger partial charge on any atom is -0.399 e. The maximum Gasteiger partial charge on any atom is 0.172 e. The zero-order valence-electron chi connectivity index (χ0n) is 10.8. The van der Waals surface area contributed by atoms with Gasteiger partial charge in [0, 0.05) is 11.3 Å². The van der Waals surface area contributed by atoms with Gasteiger partial charge < -0.3 is 11.5 Å². The van der Waals surface area contributed by atoms with E-state index in [9.17, 15) is 8.78 Å². The van der Waals surface area contributed by atoms with Crippen LogP contribution in [0.4, 0.5) is 14.5 Å². The Hall–Kier alpha value is -2.44. The molecule has 0 radical (unpaired) electrons. The molecule has 2 aromatic rings. The van der Waals surface area contributed by atoms with Gasteiger partial charge in [-0.1, -0.05) is 0 Å². The SMILES string of the molecule is CC1(c2cc(N)ccc2F)Cn2ncc(F)c2C(N)=N1. The lowest BCUT2D eigenvalue weighted by molar-refractivity contribution is 0.362. The van der Waals surface area contributed by atoms with E-state index in [-0.39, 0.29) is 18.1 Å². The Labute approximate surface area is 113 Å². The van der Waals surface area contributed by atoms with Crippen molar-refractivity contribution in [3.63, 3.8) is 0 Å². The second-order valence-electron chi connectivity index (χ2n) is 5.01. The number of nitrogens with zero attached hydrogens (tertiary/aromatic N) is 3. The van der Waals surface area contributed by atoms with Gasteiger partial charge in [-0.2, -0.15) is 5.10 Å². The zero-order chi connectivity index (χ0) is 14.5. The van der Waals surface area contributed by atoms with Gasteiger partial charge in [-0.05, 0) is 25.1 Å². The molecule has 5 nitrogen and oxygen atoms in total. The van der Waals surface area contributed by atoms with Crippen LogP contribution in [0.3, 0.4) is 0 Å². The van der Waals surface area contributed by atoms with Gasteiger partial charge in [0.2, 0.25) is 0 Å². The van der Waals surface area contributed by atoms with E-state index in [1.165, 1.54) is 22.9 Å². The molecule has 0 amide bonds. The van der Waals surface area contributed by atoms with Crippen molar-refractivity contribution in [2.75, 3.05) is 5.73 Å². The average molecular weight is 277 g/mol. The Morgan fingerprint density at radius 1 is 1.25 bits per heavy atom. The third kappa shape index (κ3) is 1.74. The summed E-state index contributed by atoms with van der Waals surface area (Å²) in [6.07, 6.45) is 1.07. The zero-order valence-corrected chi connectivity index (χ0v) is 10.8. The highest BCUT2D eigenvalue weighted by molar-refractivity contribution is 5.97. The number of nitrogen functional groups attached to an aromatic ring is 1. The third-order valence-corrected chi connectivity index (χ3v) is 3.43. The van der Waals surface area contributed by atoms with Crippen LogP contribution in [-0.4, -0.2) is 15.6 Å². The Kier molecular flexibility index (Phi) is 2.53. The van der Waals surface area contributed by atoms with Gasteiger partial charge in [-0.3, -0.25) is 9.67 Å². The van der Waals surface area contributed by atoms with Crippen LogP contribution in [0.1, 0.15) is 18.2 Å². The first-order valence-corrected chi connectivity index (χ1v) is 6.03. The van der Waals surface area contributed by atoms with E-state index in [2.05, 4.69) is 10.1 Å². The summed E-state index contributed by atoms with van der Waals surface area (Å²) < 4.78 is 29.0. The van der Waals surface area contributed by atoms with E-state index in [0.29, 0.717) is 11.3 Å². The Morgan fingerprint density at radius 2 is 2.00 bits per heavy atom. The number of hydrogen-bond acceptors (Lipinski definition) is 4. The van der Waals surface area contributed by atoms with Crippen molar-refractivity contribution < 1.29 is 8.78 Å². The van der Waals surface area contributed by atoms with Crippen molar-refractivity contribution in [1.82, 2.24) is 9.78 Å². The summed E-state index contributed by atoms with van der Waals surface area (Å²) in [5, 5.41) is 3.91. The number of aromatic nitrogens is 2. The largest absolute Gasteiger partial charge is 0.399 e. The fourth-order valence-electron chi connectivity index (χ4n) is 2.48. The molecule has 1 aromatic carbocycles. The summed E-state index contributed by atoms with van der Waals surface area (Å²) in [4.78, 5) is 4.26. The first kappa shape index (κ1) is 12.6. The molecule has 1 unspecified atom stereocenters. The Morgan fingerprint density at radius 3 is 2.75 bits per heavy atom. The molecule has 7 heteroatoms. The highest BCUT2D eigenvalue weighted by Gasteiger charge is 2.36. The number of aliphatic imine (C=N–C) groups is 1. The van der Waals surface area contributed by atoms with Gasteiger partial charge >= 0.3 is 0 Å². The molecular formula is C13H13F2N5. The van der Waals surface area contributed by atoms with Crippen molar-refractivity contribution in [2.45, 2.75) is 19.0 Å². The third-order valence-electron chi connectivity index (χ3n) is 3.43. The molecule has 3 rings (SSSR count). The molecule has 1 aromatic heterocycles. The quantitative estimate of drug-likeness (QED) is 0.772. The van der Waals surface area contributed by atoms with Crippen LogP contribution < -0.4 is 11.5 Å². The van der Waals surface area contributed by atoms with Crippen molar-refractivity contribution in [3.05, 3.63) is 47.3 Å². The number of halogens is 2. The average Bonchev–Trinajstić information content (AvgIpc) is 2.73. The summed E-state index contributed by atoms with van der Waals surface area (Å²) in [6.45, 7) is 1.90. The molecule has 0 saturated carbocycles. The Balaban J connectivity index is 2.16. The Bertz CT molecular complexity index is 722. The molecule has 2 heterocycles. The van der Waals surface area contributed by atoms with Crippen molar-refractivity contribution >= 4 is 11.5 Å². The number of anilines is 1. The van der Waals surface area contributed by atoms with Crippen LogP contribution in [-0.2, 0) is 12.1 Å². The van der Waals surface area contributed by atoms with E-state index < -0.39 is 17.2 Å². The molecule has 4 N–H and O–H groups in total. The minimum atomic E-state index is -0.977. The molecule has 0 bridgehead atoms. The van der Waals surface area contributed by atoms with Gasteiger partial charge in [0.05, 0.1) is 12.7 Å². The van der Waals surface area contributed by atoms with Gasteiger partial charge in [-0.15, -0.1) is 0 Å². The van der Waals surface area contributed by atoms with E-state index in [4.69, 9.17) is 11.5 Å². The number of hydrogen-bond donors (Lipinski definition) is 2. The summed E-state index contributed by atoms with van der Waals surface area (Å²) in [5.74, 6) is -0.980. The van der Waals surface area contributed by atoms with Crippen molar-refractivity contribution in [3.8, 4) is 0 Å². The predicted octanol–water partition coefficient (Wildman–Crippen LogP) is 1.38. The van der Waals surface area contributed by atoms with Crippen LogP contribution in [0, 0.1) is 11.6 Å². The highest BCUT2D eigenvalue weighted by Crippen LogP contribution is 2.34. The van der Waals surface area contributed by atoms with Crippen LogP contribution in [0.2, 0.25) is 0 Å². The molecule has 0 saturated heterocycles. The summed E-state index contributed by atoms with van der Waals surface area (Å²) in [5.41, 5.74) is 11.4. The molecule has 1 aliphatic heterocycles. The lowest BCUT2D eigenvalue weighted by Crippen LogP contribution is -2.38. The highest BCUT2D eigenvalue weighted by atomic mass is 19.1. The number of nitrogens with two attached hydrogens (primary N) is 2. The summed E-state index contributed by atoms with van der Waals surface area (Å²) >= 11 is 0. The van der Waals surface area contributed by atoms with E-state index in [1.807, 2.05) is 0 Å². The number of rotatable bonds is 1. The maximum absolute atomic E-state index is 14.0. The van der Waals surface area contributed by atoms with Crippen LogP contribution in [0.15, 0.2) is 29.4 Å². The fourth-order valence-corrected chi connectivity index (χ4v) is 2.48. The second-order valence-corrected chi connectivity index (χ2v) is 5.01. The predicted molar refractivity (Wildman–Crippen MR) is 71.1 cm³/mol. The van der Waals surface area contributed by atoms with Gasteiger partial charge in [0.25, 0.3) is 0 Å². The van der Waals surface area contributed by atoms with Gasteiger partial charge in [0.1, 0.15) is 22.9 Å². The monoisotopic (exact) mass is 277 g/mol. The smallest absolute Gasteiger partial charge is 0.172 e. The molecule has 0 fully saturated rings. The van der Waals surface area contributed by atoms with Gasteiger partial charge in [0.15, 0.2) is 5.82 Å². The summed E-state index contributed by atoms with van der Waals surface area (Å²) in [7, 11) is 0. The lowest BCUT2D eigenvalue weighted by atomic mass is 9.90. The van der Waals surface area contributed by atoms with Crippen molar-refractivity contribution in [1.29, 1.82) is 0 Å². The molecule has 1 atom stereocenters. The van der Waals surface area contributed by atoms with E-state index >= 15 is 0 Å². The molecule has 104 valence electrons. The topological polar surface area (TPSA) is 82.2 Å². The van der Waals surface area contributed by atoms with Crippen molar-refractivity contribution in [2.24, 2.45) is 10.7 Å². The lowest BCUT2D eigenvalue weighted by Gasteiger charge is -2.31. The first-order chi connectivity index (χ1) is 9.40. The number of fused-ring (bicyclic) bond motifs is 1. The molecule has 0 aliphatic carbocycles.